The Morgan fingerprint density at radius 3 is 2.59 bits per heavy atom. The highest BCUT2D eigenvalue weighted by Crippen LogP contribution is 2.17. The molecule has 2 N–H and O–H groups in total. The Morgan fingerprint density at radius 2 is 1.83 bits per heavy atom. The summed E-state index contributed by atoms with van der Waals surface area (Å²) in [6.45, 7) is 2.10. The molecule has 0 aliphatic carbocycles. The number of aryl methyl sites for hydroxylation is 1. The maximum absolute atomic E-state index is 12.5. The Bertz CT molecular complexity index is 1200. The number of benzene rings is 1. The summed E-state index contributed by atoms with van der Waals surface area (Å²) in [4.78, 5) is 41.0. The van der Waals surface area contributed by atoms with Crippen molar-refractivity contribution in [3.05, 3.63) is 73.6 Å². The smallest absolute Gasteiger partial charge is 0.332 e. The van der Waals surface area contributed by atoms with Crippen LogP contribution in [0.2, 0.25) is 0 Å². The van der Waals surface area contributed by atoms with E-state index in [1.807, 2.05) is 6.07 Å². The lowest BCUT2D eigenvalue weighted by molar-refractivity contribution is 0.0950. The first-order chi connectivity index (χ1) is 13.0. The van der Waals surface area contributed by atoms with Crippen molar-refractivity contribution in [2.45, 2.75) is 19.6 Å². The zero-order valence-corrected chi connectivity index (χ0v) is 17.5. The van der Waals surface area contributed by atoms with Gasteiger partial charge in [0.1, 0.15) is 5.65 Å². The normalized spacial score (nSPS) is 12.1. The number of carbonyl (C=O) groups is 1. The van der Waals surface area contributed by atoms with E-state index in [2.05, 4.69) is 27.8 Å². The molecule has 1 aromatic carbocycles. The summed E-state index contributed by atoms with van der Waals surface area (Å²) >= 11 is 0. The molecule has 3 heterocycles. The third-order valence-electron chi connectivity index (χ3n) is 4.91. The van der Waals surface area contributed by atoms with Gasteiger partial charge in [-0.15, -0.1) is 24.8 Å². The second kappa shape index (κ2) is 8.77. The van der Waals surface area contributed by atoms with Crippen molar-refractivity contribution < 1.29 is 4.79 Å². The maximum Gasteiger partial charge on any atom is 0.332 e. The Balaban J connectivity index is 0.00000150. The highest BCUT2D eigenvalue weighted by atomic mass is 35.5. The fraction of sp³-hybridized carbons (Fsp3) is 0.263. The van der Waals surface area contributed by atoms with Gasteiger partial charge in [0, 0.05) is 39.9 Å². The highest BCUT2D eigenvalue weighted by molar-refractivity contribution is 5.96. The molecule has 10 heteroatoms. The average Bonchev–Trinajstić information content (AvgIpc) is 3.16. The fourth-order valence-corrected chi connectivity index (χ4v) is 3.33. The van der Waals surface area contributed by atoms with Crippen LogP contribution >= 0.6 is 24.8 Å². The van der Waals surface area contributed by atoms with Crippen LogP contribution in [0.15, 0.2) is 40.1 Å². The third-order valence-corrected chi connectivity index (χ3v) is 4.91. The van der Waals surface area contributed by atoms with Crippen LogP contribution in [0.3, 0.4) is 0 Å². The third kappa shape index (κ3) is 4.05. The quantitative estimate of drug-likeness (QED) is 0.636. The largest absolute Gasteiger partial charge is 0.348 e. The van der Waals surface area contributed by atoms with E-state index in [1.165, 1.54) is 35.0 Å². The number of hydrogen-bond acceptors (Lipinski definition) is 5. The van der Waals surface area contributed by atoms with E-state index in [0.717, 1.165) is 23.2 Å². The standard InChI is InChI=1S/C19H19N5O3.2ClH/c1-23-16-15(18(26)24(2)19(23)27)6-14(10-21-16)17(25)22-7-11-3-4-12-8-20-9-13(12)5-11;;/h3-6,10,20H,7-9H2,1-2H3,(H,22,25);2*1H. The van der Waals surface area contributed by atoms with E-state index in [1.54, 1.807) is 7.05 Å². The van der Waals surface area contributed by atoms with E-state index in [4.69, 9.17) is 0 Å². The summed E-state index contributed by atoms with van der Waals surface area (Å²) in [5, 5.41) is 6.38. The number of hydrogen-bond donors (Lipinski definition) is 2. The molecule has 0 fully saturated rings. The maximum atomic E-state index is 12.5. The first kappa shape index (κ1) is 22.6. The van der Waals surface area contributed by atoms with Gasteiger partial charge >= 0.3 is 5.69 Å². The van der Waals surface area contributed by atoms with Crippen LogP contribution in [0, 0.1) is 0 Å². The summed E-state index contributed by atoms with van der Waals surface area (Å²) in [7, 11) is 2.94. The number of rotatable bonds is 3. The number of halogens is 2. The Labute approximate surface area is 178 Å². The second-order valence-electron chi connectivity index (χ2n) is 6.69. The molecule has 3 aromatic rings. The molecule has 0 bridgehead atoms. The zero-order valence-electron chi connectivity index (χ0n) is 15.9. The Morgan fingerprint density at radius 1 is 1.10 bits per heavy atom. The summed E-state index contributed by atoms with van der Waals surface area (Å²) in [6, 6.07) is 7.63. The number of nitrogens with one attached hydrogen (secondary N) is 2. The monoisotopic (exact) mass is 437 g/mol. The summed E-state index contributed by atoms with van der Waals surface area (Å²) in [5.41, 5.74) is 3.15. The van der Waals surface area contributed by atoms with Crippen molar-refractivity contribution in [3.63, 3.8) is 0 Å². The van der Waals surface area contributed by atoms with E-state index in [0.29, 0.717) is 6.54 Å². The minimum absolute atomic E-state index is 0. The van der Waals surface area contributed by atoms with Crippen LogP contribution < -0.4 is 21.9 Å². The molecule has 0 radical (unpaired) electrons. The van der Waals surface area contributed by atoms with Gasteiger partial charge in [0.05, 0.1) is 10.9 Å². The molecule has 4 rings (SSSR count). The van der Waals surface area contributed by atoms with Gasteiger partial charge < -0.3 is 10.6 Å². The molecular weight excluding hydrogens is 417 g/mol. The van der Waals surface area contributed by atoms with E-state index in [-0.39, 0.29) is 47.3 Å². The van der Waals surface area contributed by atoms with Crippen molar-refractivity contribution in [2.24, 2.45) is 14.1 Å². The number of fused-ring (bicyclic) bond motifs is 2. The van der Waals surface area contributed by atoms with Gasteiger partial charge in [-0.3, -0.25) is 18.7 Å². The molecule has 29 heavy (non-hydrogen) atoms. The number of aromatic nitrogens is 3. The predicted molar refractivity (Wildman–Crippen MR) is 115 cm³/mol. The molecule has 2 aromatic heterocycles. The predicted octanol–water partition coefficient (Wildman–Crippen LogP) is 1.01. The lowest BCUT2D eigenvalue weighted by atomic mass is 10.1. The molecule has 0 saturated heterocycles. The van der Waals surface area contributed by atoms with Gasteiger partial charge in [0.25, 0.3) is 11.5 Å². The summed E-state index contributed by atoms with van der Waals surface area (Å²) in [5.74, 6) is -0.320. The molecule has 0 spiro atoms. The zero-order chi connectivity index (χ0) is 19.1. The van der Waals surface area contributed by atoms with Gasteiger partial charge in [0.15, 0.2) is 0 Å². The first-order valence-corrected chi connectivity index (χ1v) is 8.61. The molecule has 8 nitrogen and oxygen atoms in total. The van der Waals surface area contributed by atoms with Crippen LogP contribution in [0.4, 0.5) is 0 Å². The Hall–Kier alpha value is -2.68. The molecule has 0 unspecified atom stereocenters. The van der Waals surface area contributed by atoms with Crippen LogP contribution in [-0.2, 0) is 33.7 Å². The topological polar surface area (TPSA) is 98.0 Å². The average molecular weight is 438 g/mol. The van der Waals surface area contributed by atoms with Gasteiger partial charge in [-0.25, -0.2) is 9.78 Å². The first-order valence-electron chi connectivity index (χ1n) is 8.61. The summed E-state index contributed by atoms with van der Waals surface area (Å²) < 4.78 is 2.29. The van der Waals surface area contributed by atoms with Crippen molar-refractivity contribution in [3.8, 4) is 0 Å². The number of pyridine rings is 1. The van der Waals surface area contributed by atoms with Crippen LogP contribution in [0.25, 0.3) is 11.0 Å². The molecule has 154 valence electrons. The highest BCUT2D eigenvalue weighted by Gasteiger charge is 2.14. The number of carbonyl (C=O) groups excluding carboxylic acids is 1. The minimum Gasteiger partial charge on any atom is -0.348 e. The van der Waals surface area contributed by atoms with E-state index >= 15 is 0 Å². The SMILES string of the molecule is Cl.Cl.Cn1c(=O)c2cc(C(=O)NCc3ccc4c(c3)CNC4)cnc2n(C)c1=O. The van der Waals surface area contributed by atoms with Crippen molar-refractivity contribution >= 4 is 41.8 Å². The van der Waals surface area contributed by atoms with Crippen molar-refractivity contribution in [2.75, 3.05) is 0 Å². The van der Waals surface area contributed by atoms with Gasteiger partial charge in [-0.1, -0.05) is 18.2 Å². The number of nitrogens with zero attached hydrogens (tertiary/aromatic N) is 3. The van der Waals surface area contributed by atoms with Crippen LogP contribution in [0.5, 0.6) is 0 Å². The van der Waals surface area contributed by atoms with Crippen molar-refractivity contribution in [1.29, 1.82) is 0 Å². The molecule has 1 aliphatic heterocycles. The molecule has 1 aliphatic rings. The molecule has 0 saturated carbocycles. The Kier molecular flexibility index (Phi) is 6.84. The molecular formula is C19H21Cl2N5O3. The van der Waals surface area contributed by atoms with Gasteiger partial charge in [0.2, 0.25) is 0 Å². The second-order valence-corrected chi connectivity index (χ2v) is 6.69. The van der Waals surface area contributed by atoms with E-state index < -0.39 is 11.2 Å². The van der Waals surface area contributed by atoms with E-state index in [9.17, 15) is 14.4 Å². The minimum atomic E-state index is -0.471. The fourth-order valence-electron chi connectivity index (χ4n) is 3.33. The van der Waals surface area contributed by atoms with Gasteiger partial charge in [-0.2, -0.15) is 0 Å². The lowest BCUT2D eigenvalue weighted by Crippen LogP contribution is -2.37. The summed E-state index contributed by atoms with van der Waals surface area (Å²) in [6.07, 6.45) is 1.38. The molecule has 1 amide bonds. The molecule has 0 atom stereocenters. The lowest BCUT2D eigenvalue weighted by Gasteiger charge is -2.09. The van der Waals surface area contributed by atoms with Crippen molar-refractivity contribution in [1.82, 2.24) is 24.8 Å². The number of amides is 1. The van der Waals surface area contributed by atoms with Crippen LogP contribution in [0.1, 0.15) is 27.0 Å². The van der Waals surface area contributed by atoms with Crippen LogP contribution in [-0.4, -0.2) is 20.0 Å². The van der Waals surface area contributed by atoms with Gasteiger partial charge in [-0.05, 0) is 22.8 Å².